The summed E-state index contributed by atoms with van der Waals surface area (Å²) in [5.41, 5.74) is -5.14. The maximum atomic E-state index is 16.0. The Morgan fingerprint density at radius 2 is 1.60 bits per heavy atom. The molecule has 12 heteroatoms. The highest BCUT2D eigenvalue weighted by Crippen LogP contribution is 2.45. The number of nitro groups is 2. The Morgan fingerprint density at radius 3 is 2.20 bits per heavy atom. The van der Waals surface area contributed by atoms with Crippen molar-refractivity contribution >= 4 is 11.4 Å². The molecule has 0 bridgehead atoms. The Labute approximate surface area is 168 Å². The number of hydrogen-bond acceptors (Lipinski definition) is 9. The summed E-state index contributed by atoms with van der Waals surface area (Å²) >= 11 is 0. The zero-order valence-corrected chi connectivity index (χ0v) is 15.2. The van der Waals surface area contributed by atoms with Gasteiger partial charge in [0.05, 0.1) is 22.0 Å². The quantitative estimate of drug-likeness (QED) is 0.456. The van der Waals surface area contributed by atoms with Crippen LogP contribution in [0, 0.1) is 20.2 Å². The molecule has 2 aromatic rings. The van der Waals surface area contributed by atoms with Crippen molar-refractivity contribution < 1.29 is 39.0 Å². The molecule has 11 nitrogen and oxygen atoms in total. The van der Waals surface area contributed by atoms with Crippen molar-refractivity contribution in [3.05, 3.63) is 74.3 Å². The van der Waals surface area contributed by atoms with Crippen molar-refractivity contribution in [1.29, 1.82) is 0 Å². The Bertz CT molecular complexity index is 959. The predicted octanol–water partition coefficient (Wildman–Crippen LogP) is 1.19. The van der Waals surface area contributed by atoms with Gasteiger partial charge in [-0.1, -0.05) is 24.3 Å². The number of aliphatic hydroxyl groups excluding tert-OH is 3. The third kappa shape index (κ3) is 3.57. The fraction of sp³-hybridized carbons (Fsp3) is 0.333. The van der Waals surface area contributed by atoms with Crippen LogP contribution in [0.5, 0.6) is 5.75 Å². The largest absolute Gasteiger partial charge is 0.478 e. The monoisotopic (exact) mass is 424 g/mol. The first-order chi connectivity index (χ1) is 14.2. The second-order valence-electron chi connectivity index (χ2n) is 6.50. The molecule has 3 N–H and O–H groups in total. The second-order valence-corrected chi connectivity index (χ2v) is 6.50. The van der Waals surface area contributed by atoms with Crippen molar-refractivity contribution in [3.8, 4) is 5.75 Å². The minimum Gasteiger partial charge on any atom is -0.478 e. The van der Waals surface area contributed by atoms with Crippen LogP contribution in [-0.2, 0) is 10.4 Å². The first kappa shape index (κ1) is 21.5. The van der Waals surface area contributed by atoms with Crippen molar-refractivity contribution in [3.63, 3.8) is 0 Å². The lowest BCUT2D eigenvalue weighted by Crippen LogP contribution is -2.64. The van der Waals surface area contributed by atoms with Gasteiger partial charge in [0.2, 0.25) is 5.67 Å². The molecule has 0 unspecified atom stereocenters. The number of benzene rings is 2. The molecule has 2 aromatic carbocycles. The van der Waals surface area contributed by atoms with Gasteiger partial charge in [0.15, 0.2) is 18.1 Å². The van der Waals surface area contributed by atoms with Gasteiger partial charge in [-0.3, -0.25) is 20.2 Å². The van der Waals surface area contributed by atoms with Crippen LogP contribution in [0.2, 0.25) is 0 Å². The predicted molar refractivity (Wildman–Crippen MR) is 97.4 cm³/mol. The van der Waals surface area contributed by atoms with Gasteiger partial charge in [-0.25, -0.2) is 4.39 Å². The summed E-state index contributed by atoms with van der Waals surface area (Å²) in [6.45, 7) is -0.841. The van der Waals surface area contributed by atoms with Gasteiger partial charge >= 0.3 is 5.69 Å². The van der Waals surface area contributed by atoms with Crippen molar-refractivity contribution in [2.24, 2.45) is 0 Å². The molecule has 1 heterocycles. The smallest absolute Gasteiger partial charge is 0.310 e. The van der Waals surface area contributed by atoms with E-state index in [4.69, 9.17) is 9.47 Å². The van der Waals surface area contributed by atoms with Crippen LogP contribution in [0.15, 0.2) is 48.5 Å². The Hall–Kier alpha value is -3.19. The van der Waals surface area contributed by atoms with Crippen LogP contribution in [-0.4, -0.2) is 56.4 Å². The van der Waals surface area contributed by atoms with Crippen LogP contribution in [0.3, 0.4) is 0 Å². The van der Waals surface area contributed by atoms with Gasteiger partial charge in [-0.15, -0.1) is 0 Å². The lowest BCUT2D eigenvalue weighted by Gasteiger charge is -2.45. The summed E-state index contributed by atoms with van der Waals surface area (Å²) < 4.78 is 26.5. The zero-order valence-electron chi connectivity index (χ0n) is 15.2. The Morgan fingerprint density at radius 1 is 1.03 bits per heavy atom. The van der Waals surface area contributed by atoms with Gasteiger partial charge in [0.1, 0.15) is 12.2 Å². The molecule has 5 atom stereocenters. The summed E-state index contributed by atoms with van der Waals surface area (Å²) in [5, 5.41) is 53.1. The third-order valence-electron chi connectivity index (χ3n) is 4.79. The summed E-state index contributed by atoms with van der Waals surface area (Å²) in [7, 11) is 0. The molecule has 0 aliphatic carbocycles. The van der Waals surface area contributed by atoms with Gasteiger partial charge in [-0.05, 0) is 12.1 Å². The number of nitrogens with zero attached hydrogens (tertiary/aromatic N) is 2. The van der Waals surface area contributed by atoms with E-state index in [1.54, 1.807) is 0 Å². The molecule has 0 spiro atoms. The number of nitro benzene ring substituents is 2. The maximum Gasteiger partial charge on any atom is 0.310 e. The van der Waals surface area contributed by atoms with Gasteiger partial charge < -0.3 is 24.8 Å². The Balaban J connectivity index is 2.07. The molecular weight excluding hydrogens is 407 g/mol. The molecule has 1 aliphatic heterocycles. The van der Waals surface area contributed by atoms with E-state index in [2.05, 4.69) is 0 Å². The molecule has 30 heavy (non-hydrogen) atoms. The Kier molecular flexibility index (Phi) is 5.94. The van der Waals surface area contributed by atoms with E-state index in [0.717, 1.165) is 18.2 Å². The van der Waals surface area contributed by atoms with Crippen molar-refractivity contribution in [1.82, 2.24) is 0 Å². The fourth-order valence-corrected chi connectivity index (χ4v) is 3.32. The lowest BCUT2D eigenvalue weighted by atomic mass is 9.81. The highest BCUT2D eigenvalue weighted by molar-refractivity contribution is 5.47. The number of rotatable bonds is 6. The van der Waals surface area contributed by atoms with E-state index in [1.807, 2.05) is 0 Å². The normalized spacial score (nSPS) is 28.7. The SMILES string of the molecule is O=[N+]([O-])c1ccccc1O[C@@H]1[C@@H](CO)O[C@@H](O)[C@@](F)(c2ccccc2[N+](=O)[O-])[C@H]1O. The first-order valence-corrected chi connectivity index (χ1v) is 8.67. The van der Waals surface area contributed by atoms with E-state index in [1.165, 1.54) is 30.3 Å². The molecule has 0 amide bonds. The van der Waals surface area contributed by atoms with E-state index >= 15 is 4.39 Å². The van der Waals surface area contributed by atoms with E-state index in [0.29, 0.717) is 0 Å². The molecule has 1 fully saturated rings. The number of alkyl halides is 1. The average Bonchev–Trinajstić information content (AvgIpc) is 2.74. The molecule has 1 saturated heterocycles. The summed E-state index contributed by atoms with van der Waals surface area (Å²) in [6, 6.07) is 9.56. The first-order valence-electron chi connectivity index (χ1n) is 8.67. The zero-order chi connectivity index (χ0) is 22.1. The molecule has 1 aliphatic rings. The molecule has 0 aromatic heterocycles. The fourth-order valence-electron chi connectivity index (χ4n) is 3.32. The summed E-state index contributed by atoms with van der Waals surface area (Å²) in [5.74, 6) is -0.352. The van der Waals surface area contributed by atoms with Crippen molar-refractivity contribution in [2.45, 2.75) is 30.3 Å². The molecule has 0 saturated carbocycles. The van der Waals surface area contributed by atoms with Gasteiger partial charge in [0.25, 0.3) is 5.69 Å². The minimum absolute atomic E-state index is 0.352. The number of hydrogen-bond donors (Lipinski definition) is 3. The number of para-hydroxylation sites is 3. The third-order valence-corrected chi connectivity index (χ3v) is 4.79. The molecule has 3 rings (SSSR count). The molecular formula is C18H17FN2O9. The van der Waals surface area contributed by atoms with Gasteiger partial charge in [-0.2, -0.15) is 0 Å². The summed E-state index contributed by atoms with van der Waals surface area (Å²) in [4.78, 5) is 20.9. The topological polar surface area (TPSA) is 165 Å². The molecule has 160 valence electrons. The van der Waals surface area contributed by atoms with Gasteiger partial charge in [0, 0.05) is 12.1 Å². The highest BCUT2D eigenvalue weighted by Gasteiger charge is 2.60. The minimum atomic E-state index is -3.23. The second kappa shape index (κ2) is 8.28. The van der Waals surface area contributed by atoms with Crippen LogP contribution < -0.4 is 4.74 Å². The number of halogens is 1. The summed E-state index contributed by atoms with van der Waals surface area (Å²) in [6.07, 6.45) is -7.92. The van der Waals surface area contributed by atoms with E-state index < -0.39 is 63.7 Å². The molecule has 0 radical (unpaired) electrons. The standard InChI is InChI=1S/C18H17FN2O9/c19-18(10-5-1-2-6-11(10)20(25)26)16(23)15(14(9-22)30-17(18)24)29-13-8-4-3-7-12(13)21(27)28/h1-8,14-17,22-24H,9H2/t14-,15-,16+,17-,18-/m1/s1. The maximum absolute atomic E-state index is 16.0. The highest BCUT2D eigenvalue weighted by atomic mass is 19.1. The average molecular weight is 424 g/mol. The van der Waals surface area contributed by atoms with Crippen LogP contribution in [0.25, 0.3) is 0 Å². The number of ether oxygens (including phenoxy) is 2. The lowest BCUT2D eigenvalue weighted by molar-refractivity contribution is -0.390. The van der Waals surface area contributed by atoms with E-state index in [-0.39, 0.29) is 5.75 Å². The van der Waals surface area contributed by atoms with E-state index in [9.17, 15) is 35.5 Å². The van der Waals surface area contributed by atoms with Crippen LogP contribution in [0.1, 0.15) is 5.56 Å². The van der Waals surface area contributed by atoms with Crippen LogP contribution >= 0.6 is 0 Å². The van der Waals surface area contributed by atoms with Crippen LogP contribution in [0.4, 0.5) is 15.8 Å². The number of aliphatic hydroxyl groups is 3. The van der Waals surface area contributed by atoms with Crippen molar-refractivity contribution in [2.75, 3.05) is 6.61 Å².